The van der Waals surface area contributed by atoms with Crippen molar-refractivity contribution in [2.45, 2.75) is 45.6 Å². The van der Waals surface area contributed by atoms with Gasteiger partial charge in [0.05, 0.1) is 17.7 Å². The van der Waals surface area contributed by atoms with E-state index in [0.29, 0.717) is 17.9 Å². The first-order valence-corrected chi connectivity index (χ1v) is 7.27. The molecule has 2 aliphatic carbocycles. The van der Waals surface area contributed by atoms with Crippen LogP contribution in [-0.2, 0) is 0 Å². The fourth-order valence-electron chi connectivity index (χ4n) is 4.02. The van der Waals surface area contributed by atoms with E-state index in [0.717, 1.165) is 18.3 Å². The van der Waals surface area contributed by atoms with Gasteiger partial charge in [-0.3, -0.25) is 10.7 Å². The van der Waals surface area contributed by atoms with Crippen LogP contribution in [0.3, 0.4) is 0 Å². The molecule has 3 aliphatic rings. The molecule has 1 aliphatic heterocycles. The van der Waals surface area contributed by atoms with E-state index in [4.69, 9.17) is 5.73 Å². The molecule has 98 valence electrons. The number of nitrogens with two attached hydrogens (primary N) is 1. The third-order valence-corrected chi connectivity index (χ3v) is 4.76. The molecule has 0 unspecified atom stereocenters. The monoisotopic (exact) mass is 246 g/mol. The Labute approximate surface area is 109 Å². The van der Waals surface area contributed by atoms with E-state index in [1.54, 1.807) is 0 Å². The Morgan fingerprint density at radius 3 is 3.06 bits per heavy atom. The normalized spacial score (nSPS) is 38.7. The van der Waals surface area contributed by atoms with Gasteiger partial charge in [0, 0.05) is 0 Å². The van der Waals surface area contributed by atoms with Gasteiger partial charge in [-0.05, 0) is 43.1 Å². The van der Waals surface area contributed by atoms with Crippen molar-refractivity contribution in [3.8, 4) is 0 Å². The molecule has 4 N–H and O–H groups in total. The van der Waals surface area contributed by atoms with Crippen LogP contribution in [-0.4, -0.2) is 12.0 Å². The molecule has 1 fully saturated rings. The molecule has 0 bridgehead atoms. The second-order valence-electron chi connectivity index (χ2n) is 5.97. The Morgan fingerprint density at radius 1 is 1.44 bits per heavy atom. The van der Waals surface area contributed by atoms with Crippen molar-refractivity contribution in [2.75, 3.05) is 0 Å². The van der Waals surface area contributed by atoms with Gasteiger partial charge in [0.1, 0.15) is 0 Å². The number of allylic oxidation sites excluding steroid dienone is 3. The summed E-state index contributed by atoms with van der Waals surface area (Å²) >= 11 is 0. The van der Waals surface area contributed by atoms with Crippen LogP contribution in [0.1, 0.15) is 39.5 Å². The highest BCUT2D eigenvalue weighted by Crippen LogP contribution is 2.46. The molecule has 0 aromatic heterocycles. The third-order valence-electron chi connectivity index (χ3n) is 4.76. The maximum atomic E-state index is 6.00. The highest BCUT2D eigenvalue weighted by atomic mass is 15.2. The smallest absolute Gasteiger partial charge is 0.291 e. The average molecular weight is 246 g/mol. The average Bonchev–Trinajstić information content (AvgIpc) is 2.72. The van der Waals surface area contributed by atoms with Crippen LogP contribution in [0.25, 0.3) is 0 Å². The van der Waals surface area contributed by atoms with Gasteiger partial charge in [0.15, 0.2) is 0 Å². The summed E-state index contributed by atoms with van der Waals surface area (Å²) in [6, 6.07) is 0.559. The first-order valence-electron chi connectivity index (χ1n) is 7.27. The minimum Gasteiger partial charge on any atom is -0.291 e. The Hall–Kier alpha value is -1.25. The van der Waals surface area contributed by atoms with Gasteiger partial charge in [-0.2, -0.15) is 0 Å². The van der Waals surface area contributed by atoms with E-state index < -0.39 is 0 Å². The number of guanidine groups is 1. The molecule has 3 heteroatoms. The predicted molar refractivity (Wildman–Crippen MR) is 73.5 cm³/mol. The summed E-state index contributed by atoms with van der Waals surface area (Å²) in [4.78, 5) is 3.42. The van der Waals surface area contributed by atoms with Crippen molar-refractivity contribution < 1.29 is 4.99 Å². The number of nitrogens with one attached hydrogen (secondary N) is 2. The van der Waals surface area contributed by atoms with Crippen LogP contribution in [0.4, 0.5) is 0 Å². The molecule has 0 aromatic carbocycles. The minimum absolute atomic E-state index is 0.559. The lowest BCUT2D eigenvalue weighted by molar-refractivity contribution is -0.516. The second-order valence-corrected chi connectivity index (χ2v) is 5.97. The molecule has 0 radical (unpaired) electrons. The summed E-state index contributed by atoms with van der Waals surface area (Å²) in [6.45, 7) is 4.54. The zero-order valence-electron chi connectivity index (χ0n) is 11.4. The van der Waals surface area contributed by atoms with Crippen LogP contribution < -0.4 is 16.0 Å². The van der Waals surface area contributed by atoms with Gasteiger partial charge in [0.2, 0.25) is 0 Å². The highest BCUT2D eigenvalue weighted by molar-refractivity contribution is 5.75. The quantitative estimate of drug-likeness (QED) is 0.670. The van der Waals surface area contributed by atoms with E-state index in [1.807, 2.05) is 0 Å². The Morgan fingerprint density at radius 2 is 2.28 bits per heavy atom. The van der Waals surface area contributed by atoms with Crippen molar-refractivity contribution in [3.63, 3.8) is 0 Å². The molecule has 18 heavy (non-hydrogen) atoms. The standard InChI is InChI=1S/C15H23N3/c1-3-4-5-11-9(2)8-10-6-7-12-13(10)14(11)18-15(16)17-12/h4-5,9-10,12-13H,3,6-8H2,1-2H3,(H3,16,17,18)/p+1/b5-4+/t9-,10-,12-,13+/m0/s1. The fourth-order valence-corrected chi connectivity index (χ4v) is 4.02. The van der Waals surface area contributed by atoms with E-state index in [9.17, 15) is 0 Å². The lowest BCUT2D eigenvalue weighted by Crippen LogP contribution is -2.88. The summed E-state index contributed by atoms with van der Waals surface area (Å²) in [7, 11) is 0. The minimum atomic E-state index is 0.559. The number of rotatable bonds is 2. The largest absolute Gasteiger partial charge is 0.346 e. The molecule has 0 spiro atoms. The molecule has 3 nitrogen and oxygen atoms in total. The van der Waals surface area contributed by atoms with Crippen LogP contribution in [0.15, 0.2) is 23.4 Å². The van der Waals surface area contributed by atoms with Crippen molar-refractivity contribution in [3.05, 3.63) is 23.4 Å². The van der Waals surface area contributed by atoms with Gasteiger partial charge < -0.3 is 0 Å². The van der Waals surface area contributed by atoms with Crippen molar-refractivity contribution in [2.24, 2.45) is 23.5 Å². The summed E-state index contributed by atoms with van der Waals surface area (Å²) < 4.78 is 0. The third kappa shape index (κ3) is 1.76. The molecule has 3 rings (SSSR count). The fraction of sp³-hybridized carbons (Fsp3) is 0.667. The zero-order chi connectivity index (χ0) is 12.7. The van der Waals surface area contributed by atoms with E-state index in [-0.39, 0.29) is 0 Å². The first-order chi connectivity index (χ1) is 8.70. The topological polar surface area (TPSA) is 52.0 Å². The van der Waals surface area contributed by atoms with Crippen molar-refractivity contribution in [1.82, 2.24) is 5.32 Å². The van der Waals surface area contributed by atoms with Gasteiger partial charge in [-0.15, -0.1) is 0 Å². The molecule has 0 aromatic rings. The van der Waals surface area contributed by atoms with Crippen LogP contribution in [0.2, 0.25) is 0 Å². The van der Waals surface area contributed by atoms with E-state index in [1.165, 1.54) is 30.5 Å². The molecule has 0 amide bonds. The second kappa shape index (κ2) is 4.45. The number of hydrogen-bond donors (Lipinski definition) is 3. The maximum Gasteiger partial charge on any atom is 0.346 e. The molecule has 0 saturated heterocycles. The SMILES string of the molecule is CC/C=C/C1=C2NC(N)=[NH+][C@H]3CC[C@@H](C[C@@H]1C)[C@@H]23. The molecule has 1 saturated carbocycles. The van der Waals surface area contributed by atoms with Crippen LogP contribution >= 0.6 is 0 Å². The lowest BCUT2D eigenvalue weighted by Gasteiger charge is -2.35. The van der Waals surface area contributed by atoms with Gasteiger partial charge in [0.25, 0.3) is 0 Å². The van der Waals surface area contributed by atoms with E-state index >= 15 is 0 Å². The van der Waals surface area contributed by atoms with Crippen LogP contribution in [0, 0.1) is 17.8 Å². The van der Waals surface area contributed by atoms with Gasteiger partial charge in [-0.25, -0.2) is 5.32 Å². The predicted octanol–water partition coefficient (Wildman–Crippen LogP) is 0.640. The number of hydrogen-bond acceptors (Lipinski definition) is 2. The molecular weight excluding hydrogens is 222 g/mol. The summed E-state index contributed by atoms with van der Waals surface area (Å²) in [6.07, 6.45) is 9.62. The van der Waals surface area contributed by atoms with Gasteiger partial charge >= 0.3 is 5.96 Å². The van der Waals surface area contributed by atoms with Crippen LogP contribution in [0.5, 0.6) is 0 Å². The Bertz CT molecular complexity index is 433. The van der Waals surface area contributed by atoms with Crippen molar-refractivity contribution >= 4 is 5.96 Å². The lowest BCUT2D eigenvalue weighted by atomic mass is 9.73. The maximum absolute atomic E-state index is 6.00. The highest BCUT2D eigenvalue weighted by Gasteiger charge is 2.47. The summed E-state index contributed by atoms with van der Waals surface area (Å²) in [5.74, 6) is 2.89. The molecular formula is C15H24N3+. The van der Waals surface area contributed by atoms with E-state index in [2.05, 4.69) is 36.3 Å². The first kappa shape index (κ1) is 11.8. The molecule has 4 atom stereocenters. The van der Waals surface area contributed by atoms with Gasteiger partial charge in [-0.1, -0.05) is 26.0 Å². The zero-order valence-corrected chi connectivity index (χ0v) is 11.4. The summed E-state index contributed by atoms with van der Waals surface area (Å²) in [5.41, 5.74) is 8.88. The summed E-state index contributed by atoms with van der Waals surface area (Å²) in [5, 5.41) is 3.42. The molecule has 1 heterocycles. The Kier molecular flexibility index (Phi) is 2.92. The Balaban J connectivity index is 2.04. The van der Waals surface area contributed by atoms with Crippen molar-refractivity contribution in [1.29, 1.82) is 0 Å².